The molecular weight excluding hydrogens is 600 g/mol. The highest BCUT2D eigenvalue weighted by Gasteiger charge is 2.61. The second kappa shape index (κ2) is 9.79. The molecule has 228 valence electrons. The second-order valence-electron chi connectivity index (χ2n) is 10.9. The summed E-state index contributed by atoms with van der Waals surface area (Å²) in [5, 5.41) is 37.6. The van der Waals surface area contributed by atoms with Crippen molar-refractivity contribution in [2.24, 2.45) is 5.10 Å². The maximum atomic E-state index is 14.1. The van der Waals surface area contributed by atoms with Crippen LogP contribution in [0.4, 0.5) is 0 Å². The summed E-state index contributed by atoms with van der Waals surface area (Å²) in [5.41, 5.74) is -2.63. The Labute approximate surface area is 256 Å². The SMILES string of the molecule is COC1=CC(=O)c2c(O)c3c(c(O)c2C1=O)C(=O)C1(CCc2cc4cc(/C=N/NC(=O)c5ccncc5)[nH]c(=O)c4c(O)c21)C3=O. The molecule has 0 saturated carbocycles. The molecule has 0 radical (unpaired) electrons. The van der Waals surface area contributed by atoms with Crippen LogP contribution >= 0.6 is 0 Å². The highest BCUT2D eigenvalue weighted by molar-refractivity contribution is 6.38. The molecule has 14 nitrogen and oxygen atoms in total. The van der Waals surface area contributed by atoms with Crippen molar-refractivity contribution in [3.8, 4) is 17.2 Å². The predicted molar refractivity (Wildman–Crippen MR) is 158 cm³/mol. The zero-order valence-corrected chi connectivity index (χ0v) is 23.6. The summed E-state index contributed by atoms with van der Waals surface area (Å²) in [5.74, 6) is -7.43. The van der Waals surface area contributed by atoms with E-state index >= 15 is 0 Å². The first-order valence-corrected chi connectivity index (χ1v) is 13.7. The van der Waals surface area contributed by atoms with Crippen molar-refractivity contribution >= 4 is 46.0 Å². The number of aryl methyl sites for hydroxylation is 1. The number of phenols is 3. The minimum absolute atomic E-state index is 0.0803. The van der Waals surface area contributed by atoms with Crippen LogP contribution in [0, 0.1) is 0 Å². The van der Waals surface area contributed by atoms with Gasteiger partial charge in [0.1, 0.15) is 22.7 Å². The van der Waals surface area contributed by atoms with E-state index in [1.54, 1.807) is 0 Å². The molecule has 3 aliphatic rings. The largest absolute Gasteiger partial charge is 0.507 e. The number of phenolic OH excluding ortho intramolecular Hbond substituents is 3. The van der Waals surface area contributed by atoms with Crippen LogP contribution in [0.15, 0.2) is 58.4 Å². The molecule has 3 aliphatic carbocycles. The molecule has 0 aliphatic heterocycles. The van der Waals surface area contributed by atoms with E-state index < -0.39 is 85.3 Å². The highest BCUT2D eigenvalue weighted by Crippen LogP contribution is 2.57. The molecule has 2 heterocycles. The van der Waals surface area contributed by atoms with E-state index in [2.05, 4.69) is 20.5 Å². The number of nitrogens with one attached hydrogen (secondary N) is 2. The van der Waals surface area contributed by atoms with Gasteiger partial charge in [-0.2, -0.15) is 5.10 Å². The van der Waals surface area contributed by atoms with Crippen LogP contribution in [0.2, 0.25) is 0 Å². The lowest BCUT2D eigenvalue weighted by molar-refractivity contribution is 0.0790. The fourth-order valence-electron chi connectivity index (χ4n) is 6.56. The van der Waals surface area contributed by atoms with Crippen LogP contribution in [-0.4, -0.2) is 67.7 Å². The molecule has 1 amide bonds. The van der Waals surface area contributed by atoms with E-state index in [0.29, 0.717) is 11.1 Å². The fraction of sp³-hybridized carbons (Fsp3) is 0.125. The highest BCUT2D eigenvalue weighted by atomic mass is 16.5. The van der Waals surface area contributed by atoms with Crippen LogP contribution in [-0.2, 0) is 16.6 Å². The number of amides is 1. The number of aromatic hydroxyl groups is 3. The van der Waals surface area contributed by atoms with Crippen LogP contribution in [0.25, 0.3) is 10.8 Å². The normalized spacial score (nSPS) is 18.2. The Morgan fingerprint density at radius 3 is 2.33 bits per heavy atom. The number of carbonyl (C=O) groups is 5. The van der Waals surface area contributed by atoms with Crippen molar-refractivity contribution in [1.29, 1.82) is 0 Å². The van der Waals surface area contributed by atoms with Crippen molar-refractivity contribution in [3.05, 3.63) is 103 Å². The minimum Gasteiger partial charge on any atom is -0.507 e. The number of carbonyl (C=O) groups excluding carboxylic acids is 5. The molecule has 4 aromatic rings. The van der Waals surface area contributed by atoms with Crippen LogP contribution in [0.3, 0.4) is 0 Å². The smallest absolute Gasteiger partial charge is 0.271 e. The second-order valence-corrected chi connectivity index (χ2v) is 10.9. The summed E-state index contributed by atoms with van der Waals surface area (Å²) in [7, 11) is 1.12. The molecule has 5 N–H and O–H groups in total. The molecule has 46 heavy (non-hydrogen) atoms. The van der Waals surface area contributed by atoms with Gasteiger partial charge in [0.2, 0.25) is 5.78 Å². The fourth-order valence-corrected chi connectivity index (χ4v) is 6.56. The maximum absolute atomic E-state index is 14.1. The number of ether oxygens (including phenoxy) is 1. The van der Waals surface area contributed by atoms with E-state index in [1.807, 2.05) is 0 Å². The van der Waals surface area contributed by atoms with E-state index in [0.717, 1.165) is 13.2 Å². The molecule has 0 fully saturated rings. The third-order valence-corrected chi connectivity index (χ3v) is 8.57. The molecular formula is C32H20N4O10. The summed E-state index contributed by atoms with van der Waals surface area (Å²) in [6, 6.07) is 5.97. The van der Waals surface area contributed by atoms with E-state index in [9.17, 15) is 44.1 Å². The first kappa shape index (κ1) is 28.3. The number of aromatic nitrogens is 2. The number of H-pyrrole nitrogens is 1. The number of methoxy groups -OCH3 is 1. The van der Waals surface area contributed by atoms with Crippen LogP contribution in [0.1, 0.15) is 75.0 Å². The number of benzene rings is 2. The van der Waals surface area contributed by atoms with Gasteiger partial charge in [-0.3, -0.25) is 33.8 Å². The van der Waals surface area contributed by atoms with Crippen LogP contribution in [0.5, 0.6) is 17.2 Å². The Morgan fingerprint density at radius 2 is 1.65 bits per heavy atom. The summed E-state index contributed by atoms with van der Waals surface area (Å²) >= 11 is 0. The standard InChI is InChI=1S/C32H20N4O10/c1-46-17-10-16(37)19-20(24(17)38)26(40)22-21(25(19)39)28(42)32(29(22)43)5-2-13-8-14-9-15(35-31(45)18(14)27(41)23(13)32)11-34-36-30(44)12-3-6-33-7-4-12/h3-4,6-11,39-41H,2,5H2,1H3,(H,35,45)(H,36,44)/b34-11+. The van der Waals surface area contributed by atoms with Crippen molar-refractivity contribution in [1.82, 2.24) is 15.4 Å². The van der Waals surface area contributed by atoms with E-state index in [-0.39, 0.29) is 34.9 Å². The number of hydrogen-bond acceptors (Lipinski definition) is 12. The summed E-state index contributed by atoms with van der Waals surface area (Å²) in [4.78, 5) is 85.8. The first-order valence-electron chi connectivity index (χ1n) is 13.7. The number of fused-ring (bicyclic) bond motifs is 5. The third-order valence-electron chi connectivity index (χ3n) is 8.57. The number of ketones is 4. The van der Waals surface area contributed by atoms with Gasteiger partial charge in [0.05, 0.1) is 46.7 Å². The average molecular weight is 621 g/mol. The Balaban J connectivity index is 1.32. The number of aromatic amines is 1. The third kappa shape index (κ3) is 3.63. The number of rotatable bonds is 4. The lowest BCUT2D eigenvalue weighted by Crippen LogP contribution is -2.36. The van der Waals surface area contributed by atoms with Crippen molar-refractivity contribution in [2.45, 2.75) is 18.3 Å². The van der Waals surface area contributed by atoms with Crippen molar-refractivity contribution < 1.29 is 44.0 Å². The van der Waals surface area contributed by atoms with Gasteiger partial charge in [-0.1, -0.05) is 6.07 Å². The molecule has 2 aromatic heterocycles. The number of pyridine rings is 2. The molecule has 7 rings (SSSR count). The van der Waals surface area contributed by atoms with Gasteiger partial charge in [-0.25, -0.2) is 5.43 Å². The zero-order valence-electron chi connectivity index (χ0n) is 23.6. The van der Waals surface area contributed by atoms with Crippen molar-refractivity contribution in [3.63, 3.8) is 0 Å². The summed E-state index contributed by atoms with van der Waals surface area (Å²) in [6.07, 6.45) is 4.75. The van der Waals surface area contributed by atoms with Gasteiger partial charge in [0.15, 0.2) is 23.1 Å². The van der Waals surface area contributed by atoms with Gasteiger partial charge in [-0.15, -0.1) is 0 Å². The lowest BCUT2D eigenvalue weighted by Gasteiger charge is -2.22. The Morgan fingerprint density at radius 1 is 0.978 bits per heavy atom. The van der Waals surface area contributed by atoms with Gasteiger partial charge < -0.3 is 25.0 Å². The summed E-state index contributed by atoms with van der Waals surface area (Å²) in [6.45, 7) is 0. The van der Waals surface area contributed by atoms with Gasteiger partial charge in [-0.05, 0) is 42.0 Å². The molecule has 14 heteroatoms. The van der Waals surface area contributed by atoms with Crippen LogP contribution < -0.4 is 11.0 Å². The Hall–Kier alpha value is -6.44. The first-order chi connectivity index (χ1) is 22.0. The number of Topliss-reactive ketones (excluding diaryl/α,β-unsaturated/α-hetero) is 3. The predicted octanol–water partition coefficient (Wildman–Crippen LogP) is 1.98. The molecule has 1 spiro atoms. The number of allylic oxidation sites excluding steroid dienone is 2. The number of hydrogen-bond donors (Lipinski definition) is 5. The zero-order chi connectivity index (χ0) is 32.7. The van der Waals surface area contributed by atoms with E-state index in [1.165, 1.54) is 42.9 Å². The maximum Gasteiger partial charge on any atom is 0.271 e. The van der Waals surface area contributed by atoms with Gasteiger partial charge in [0.25, 0.3) is 11.5 Å². The molecule has 2 aromatic carbocycles. The minimum atomic E-state index is -2.15. The quantitative estimate of drug-likeness (QED) is 0.0959. The Bertz CT molecular complexity index is 2270. The number of nitrogens with zero attached hydrogens (tertiary/aromatic N) is 2. The number of hydrazone groups is 1. The van der Waals surface area contributed by atoms with E-state index in [4.69, 9.17) is 4.74 Å². The summed E-state index contributed by atoms with van der Waals surface area (Å²) < 4.78 is 4.91. The molecule has 1 unspecified atom stereocenters. The molecule has 1 atom stereocenters. The van der Waals surface area contributed by atoms with Gasteiger partial charge >= 0.3 is 0 Å². The topological polar surface area (TPSA) is 225 Å². The molecule has 0 saturated heterocycles. The molecule has 0 bridgehead atoms. The monoisotopic (exact) mass is 620 g/mol. The average Bonchev–Trinajstić information content (AvgIpc) is 3.53. The lowest BCUT2D eigenvalue weighted by atomic mass is 9.76. The van der Waals surface area contributed by atoms with Gasteiger partial charge in [0, 0.05) is 29.6 Å². The Kier molecular flexibility index (Phi) is 6.03. The van der Waals surface area contributed by atoms with Crippen molar-refractivity contribution in [2.75, 3.05) is 7.11 Å².